The van der Waals surface area contributed by atoms with Gasteiger partial charge in [-0.3, -0.25) is 0 Å². The first kappa shape index (κ1) is 18.8. The number of hydrogen-bond acceptors (Lipinski definition) is 4. The molecule has 2 aromatic rings. The van der Waals surface area contributed by atoms with Gasteiger partial charge in [-0.25, -0.2) is 21.2 Å². The average Bonchev–Trinajstić information content (AvgIpc) is 2.50. The fraction of sp³-hybridized carbons (Fsp3) is 0.143. The summed E-state index contributed by atoms with van der Waals surface area (Å²) >= 11 is 5.54. The fourth-order valence-corrected chi connectivity index (χ4v) is 4.57. The minimum absolute atomic E-state index is 0.0534. The van der Waals surface area contributed by atoms with Crippen LogP contribution in [0.1, 0.15) is 11.1 Å². The molecule has 0 fully saturated rings. The second-order valence-corrected chi connectivity index (χ2v) is 8.80. The van der Waals surface area contributed by atoms with E-state index in [4.69, 9.17) is 11.6 Å². The molecule has 0 spiro atoms. The number of sulfonamides is 2. The summed E-state index contributed by atoms with van der Waals surface area (Å²) in [5.41, 5.74) is 1.16. The van der Waals surface area contributed by atoms with Crippen molar-refractivity contribution in [2.45, 2.75) is 23.6 Å². The Labute approximate surface area is 144 Å². The Bertz CT molecular complexity index is 992. The molecule has 130 valence electrons. The van der Waals surface area contributed by atoms with E-state index in [1.807, 2.05) is 4.83 Å². The maximum absolute atomic E-state index is 13.1. The molecule has 2 aromatic carbocycles. The van der Waals surface area contributed by atoms with Crippen LogP contribution in [-0.2, 0) is 20.0 Å². The van der Waals surface area contributed by atoms with Crippen LogP contribution in [0.3, 0.4) is 0 Å². The Hall–Kier alpha value is -1.52. The third kappa shape index (κ3) is 4.11. The van der Waals surface area contributed by atoms with E-state index in [0.717, 1.165) is 18.2 Å². The van der Waals surface area contributed by atoms with E-state index < -0.39 is 30.9 Å². The zero-order valence-electron chi connectivity index (χ0n) is 12.7. The number of benzene rings is 2. The van der Waals surface area contributed by atoms with Crippen molar-refractivity contribution in [3.63, 3.8) is 0 Å². The van der Waals surface area contributed by atoms with Crippen LogP contribution in [0.2, 0.25) is 5.02 Å². The van der Waals surface area contributed by atoms with Crippen LogP contribution in [0.25, 0.3) is 0 Å². The Morgan fingerprint density at radius 2 is 1.54 bits per heavy atom. The Balaban J connectivity index is 2.28. The smallest absolute Gasteiger partial charge is 0.206 e. The van der Waals surface area contributed by atoms with Gasteiger partial charge in [-0.15, -0.1) is 9.66 Å². The van der Waals surface area contributed by atoms with Crippen LogP contribution in [0.5, 0.6) is 0 Å². The van der Waals surface area contributed by atoms with Crippen molar-refractivity contribution in [2.75, 3.05) is 0 Å². The van der Waals surface area contributed by atoms with Gasteiger partial charge in [-0.05, 0) is 49.2 Å². The van der Waals surface area contributed by atoms with Gasteiger partial charge >= 0.3 is 0 Å². The summed E-state index contributed by atoms with van der Waals surface area (Å²) in [6.07, 6.45) is 0. The molecule has 0 bridgehead atoms. The van der Waals surface area contributed by atoms with Gasteiger partial charge in [-0.1, -0.05) is 23.7 Å². The summed E-state index contributed by atoms with van der Waals surface area (Å²) in [7, 11) is -8.38. The summed E-state index contributed by atoms with van der Waals surface area (Å²) in [4.78, 5) is 3.14. The van der Waals surface area contributed by atoms with Crippen molar-refractivity contribution < 1.29 is 21.2 Å². The summed E-state index contributed by atoms with van der Waals surface area (Å²) in [5.74, 6) is -0.786. The van der Waals surface area contributed by atoms with Crippen molar-refractivity contribution in [1.29, 1.82) is 0 Å². The molecule has 0 unspecified atom stereocenters. The van der Waals surface area contributed by atoms with E-state index >= 15 is 0 Å². The van der Waals surface area contributed by atoms with Crippen LogP contribution in [-0.4, -0.2) is 16.8 Å². The molecule has 10 heteroatoms. The molecule has 0 amide bonds. The molecule has 0 saturated carbocycles. The van der Waals surface area contributed by atoms with Gasteiger partial charge in [0, 0.05) is 0 Å². The highest BCUT2D eigenvalue weighted by atomic mass is 35.5. The zero-order chi connectivity index (χ0) is 18.1. The number of aryl methyl sites for hydroxylation is 2. The number of hydrazine groups is 1. The molecule has 0 aliphatic heterocycles. The zero-order valence-corrected chi connectivity index (χ0v) is 15.1. The van der Waals surface area contributed by atoms with Crippen LogP contribution in [0.4, 0.5) is 4.39 Å². The Morgan fingerprint density at radius 1 is 0.917 bits per heavy atom. The molecule has 0 aliphatic carbocycles. The van der Waals surface area contributed by atoms with E-state index in [9.17, 15) is 21.2 Å². The minimum Gasteiger partial charge on any atom is -0.206 e. The number of nitrogens with one attached hydrogen (secondary N) is 2. The molecular formula is C14H14ClFN2O4S2. The quantitative estimate of drug-likeness (QED) is 0.763. The van der Waals surface area contributed by atoms with Crippen LogP contribution < -0.4 is 9.66 Å². The number of halogens is 2. The van der Waals surface area contributed by atoms with E-state index in [1.165, 1.54) is 6.07 Å². The molecule has 0 heterocycles. The third-order valence-corrected chi connectivity index (χ3v) is 6.20. The van der Waals surface area contributed by atoms with E-state index in [1.54, 1.807) is 30.8 Å². The predicted molar refractivity (Wildman–Crippen MR) is 88.0 cm³/mol. The Kier molecular flexibility index (Phi) is 5.31. The van der Waals surface area contributed by atoms with Crippen molar-refractivity contribution in [2.24, 2.45) is 0 Å². The summed E-state index contributed by atoms with van der Waals surface area (Å²) in [5, 5.41) is -0.393. The molecular weight excluding hydrogens is 379 g/mol. The highest BCUT2D eigenvalue weighted by Gasteiger charge is 2.22. The van der Waals surface area contributed by atoms with Crippen LogP contribution in [0.15, 0.2) is 46.2 Å². The van der Waals surface area contributed by atoms with Gasteiger partial charge in [-0.2, -0.15) is 0 Å². The maximum Gasteiger partial charge on any atom is 0.254 e. The lowest BCUT2D eigenvalue weighted by Gasteiger charge is -2.12. The van der Waals surface area contributed by atoms with E-state index in [2.05, 4.69) is 0 Å². The van der Waals surface area contributed by atoms with Gasteiger partial charge in [0.05, 0.1) is 14.8 Å². The Morgan fingerprint density at radius 3 is 2.17 bits per heavy atom. The van der Waals surface area contributed by atoms with Gasteiger partial charge in [0.2, 0.25) is 0 Å². The van der Waals surface area contributed by atoms with E-state index in [0.29, 0.717) is 11.1 Å². The molecule has 0 radical (unpaired) electrons. The van der Waals surface area contributed by atoms with Crippen LogP contribution >= 0.6 is 11.6 Å². The normalized spacial score (nSPS) is 12.3. The first-order chi connectivity index (χ1) is 11.0. The highest BCUT2D eigenvalue weighted by molar-refractivity contribution is 7.92. The van der Waals surface area contributed by atoms with Crippen molar-refractivity contribution in [1.82, 2.24) is 9.66 Å². The standard InChI is InChI=1S/C14H14ClFN2O4S2/c1-9-3-4-10(2)14(7-9)24(21,22)18-17-23(19,20)11-5-6-13(16)12(15)8-11/h3-8,17-18H,1-2H3. The monoisotopic (exact) mass is 392 g/mol. The molecule has 2 rings (SSSR count). The fourth-order valence-electron chi connectivity index (χ4n) is 1.86. The largest absolute Gasteiger partial charge is 0.254 e. The van der Waals surface area contributed by atoms with E-state index in [-0.39, 0.29) is 9.79 Å². The maximum atomic E-state index is 13.1. The van der Waals surface area contributed by atoms with Crippen molar-refractivity contribution >= 4 is 31.6 Å². The summed E-state index contributed by atoms with van der Waals surface area (Å²) in [6.45, 7) is 3.30. The van der Waals surface area contributed by atoms with Gasteiger partial charge in [0.15, 0.2) is 0 Å². The van der Waals surface area contributed by atoms with Gasteiger partial charge < -0.3 is 0 Å². The van der Waals surface area contributed by atoms with Gasteiger partial charge in [0.1, 0.15) is 5.82 Å². The number of rotatable bonds is 5. The molecule has 6 nitrogen and oxygen atoms in total. The summed E-state index contributed by atoms with van der Waals surface area (Å²) < 4.78 is 61.9. The molecule has 0 saturated heterocycles. The first-order valence-corrected chi connectivity index (χ1v) is 9.93. The highest BCUT2D eigenvalue weighted by Crippen LogP contribution is 2.20. The van der Waals surface area contributed by atoms with Crippen molar-refractivity contribution in [3.05, 3.63) is 58.4 Å². The topological polar surface area (TPSA) is 92.3 Å². The molecule has 0 aliphatic rings. The molecule has 0 aromatic heterocycles. The lowest BCUT2D eigenvalue weighted by molar-refractivity contribution is 0.557. The lowest BCUT2D eigenvalue weighted by atomic mass is 10.2. The predicted octanol–water partition coefficient (Wildman–Crippen LogP) is 2.27. The minimum atomic E-state index is -4.26. The second kappa shape index (κ2) is 6.77. The second-order valence-electron chi connectivity index (χ2n) is 5.06. The van der Waals surface area contributed by atoms with Crippen LogP contribution in [0, 0.1) is 19.7 Å². The lowest BCUT2D eigenvalue weighted by Crippen LogP contribution is -2.41. The molecule has 24 heavy (non-hydrogen) atoms. The summed E-state index contributed by atoms with van der Waals surface area (Å²) in [6, 6.07) is 7.48. The number of hydrogen-bond donors (Lipinski definition) is 2. The molecule has 0 atom stereocenters. The third-order valence-electron chi connectivity index (χ3n) is 3.14. The first-order valence-electron chi connectivity index (χ1n) is 6.59. The van der Waals surface area contributed by atoms with Crippen molar-refractivity contribution in [3.8, 4) is 0 Å². The SMILES string of the molecule is Cc1ccc(C)c(S(=O)(=O)NNS(=O)(=O)c2ccc(F)c(Cl)c2)c1. The average molecular weight is 393 g/mol. The van der Waals surface area contributed by atoms with Gasteiger partial charge in [0.25, 0.3) is 20.0 Å². The molecule has 2 N–H and O–H groups in total.